The van der Waals surface area contributed by atoms with E-state index in [0.29, 0.717) is 12.8 Å². The van der Waals surface area contributed by atoms with Crippen LogP contribution in [0.2, 0.25) is 0 Å². The highest BCUT2D eigenvalue weighted by atomic mass is 16.6. The Bertz CT molecular complexity index is 396. The molecule has 0 aromatic carbocycles. The van der Waals surface area contributed by atoms with Crippen molar-refractivity contribution >= 4 is 6.09 Å². The Morgan fingerprint density at radius 1 is 1.30 bits per heavy atom. The van der Waals surface area contributed by atoms with Gasteiger partial charge in [-0.1, -0.05) is 6.58 Å². The van der Waals surface area contributed by atoms with E-state index in [-0.39, 0.29) is 18.2 Å². The lowest BCUT2D eigenvalue weighted by molar-refractivity contribution is -0.0756. The van der Waals surface area contributed by atoms with Crippen molar-refractivity contribution in [2.75, 3.05) is 0 Å². The summed E-state index contributed by atoms with van der Waals surface area (Å²) >= 11 is 0. The molecule has 2 fully saturated rings. The van der Waals surface area contributed by atoms with E-state index in [1.165, 1.54) is 0 Å². The molecule has 0 aliphatic carbocycles. The van der Waals surface area contributed by atoms with Gasteiger partial charge in [0.05, 0.1) is 5.60 Å². The highest BCUT2D eigenvalue weighted by molar-refractivity contribution is 5.69. The SMILES string of the molecule is C=C(C)C1(O)CC2CCCC(C1)N2C(=O)OC(C)(C)C. The molecule has 2 atom stereocenters. The molecule has 2 rings (SSSR count). The molecule has 2 aliphatic heterocycles. The van der Waals surface area contributed by atoms with Gasteiger partial charge in [-0.05, 0) is 52.5 Å². The van der Waals surface area contributed by atoms with Crippen molar-refractivity contribution in [3.63, 3.8) is 0 Å². The maximum absolute atomic E-state index is 12.4. The van der Waals surface area contributed by atoms with Crippen molar-refractivity contribution in [2.45, 2.75) is 83.1 Å². The van der Waals surface area contributed by atoms with Crippen LogP contribution in [0.1, 0.15) is 59.8 Å². The average molecular weight is 281 g/mol. The predicted molar refractivity (Wildman–Crippen MR) is 78.5 cm³/mol. The lowest BCUT2D eigenvalue weighted by atomic mass is 9.73. The molecule has 1 N–H and O–H groups in total. The number of aliphatic hydroxyl groups is 1. The predicted octanol–water partition coefficient (Wildman–Crippen LogP) is 3.25. The van der Waals surface area contributed by atoms with Crippen molar-refractivity contribution < 1.29 is 14.6 Å². The van der Waals surface area contributed by atoms with Crippen LogP contribution in [0.25, 0.3) is 0 Å². The van der Waals surface area contributed by atoms with Gasteiger partial charge in [-0.25, -0.2) is 4.79 Å². The third kappa shape index (κ3) is 3.00. The van der Waals surface area contributed by atoms with Gasteiger partial charge < -0.3 is 14.7 Å². The van der Waals surface area contributed by atoms with Crippen LogP contribution in [0, 0.1) is 0 Å². The Morgan fingerprint density at radius 3 is 2.20 bits per heavy atom. The van der Waals surface area contributed by atoms with Crippen LogP contribution < -0.4 is 0 Å². The molecule has 20 heavy (non-hydrogen) atoms. The maximum Gasteiger partial charge on any atom is 0.410 e. The zero-order chi connectivity index (χ0) is 15.1. The molecule has 2 bridgehead atoms. The van der Waals surface area contributed by atoms with Crippen molar-refractivity contribution in [3.05, 3.63) is 12.2 Å². The van der Waals surface area contributed by atoms with Crippen molar-refractivity contribution in [2.24, 2.45) is 0 Å². The number of carbonyl (C=O) groups excluding carboxylic acids is 1. The van der Waals surface area contributed by atoms with Gasteiger partial charge in [-0.3, -0.25) is 0 Å². The van der Waals surface area contributed by atoms with Crippen LogP contribution in [-0.2, 0) is 4.74 Å². The summed E-state index contributed by atoms with van der Waals surface area (Å²) in [5.41, 5.74) is -0.500. The molecule has 0 saturated carbocycles. The molecule has 4 heteroatoms. The molecule has 2 saturated heterocycles. The number of amides is 1. The number of carbonyl (C=O) groups is 1. The number of nitrogens with zero attached hydrogens (tertiary/aromatic N) is 1. The number of rotatable bonds is 1. The van der Waals surface area contributed by atoms with Crippen LogP contribution in [0.4, 0.5) is 4.79 Å². The van der Waals surface area contributed by atoms with E-state index in [0.717, 1.165) is 24.8 Å². The topological polar surface area (TPSA) is 49.8 Å². The Hall–Kier alpha value is -1.03. The fraction of sp³-hybridized carbons (Fsp3) is 0.812. The second-order valence-electron chi connectivity index (χ2n) is 7.35. The molecule has 2 aliphatic rings. The van der Waals surface area contributed by atoms with Gasteiger partial charge in [0.2, 0.25) is 0 Å². The molecule has 2 unspecified atom stereocenters. The summed E-state index contributed by atoms with van der Waals surface area (Å²) in [6.45, 7) is 11.4. The summed E-state index contributed by atoms with van der Waals surface area (Å²) in [4.78, 5) is 14.3. The van der Waals surface area contributed by atoms with Gasteiger partial charge in [0.1, 0.15) is 5.60 Å². The number of ether oxygens (including phenoxy) is 1. The normalized spacial score (nSPS) is 33.8. The lowest BCUT2D eigenvalue weighted by Crippen LogP contribution is -2.60. The molecule has 114 valence electrons. The van der Waals surface area contributed by atoms with Crippen LogP contribution in [0.3, 0.4) is 0 Å². The molecule has 0 aromatic rings. The molecule has 1 amide bonds. The number of hydrogen-bond donors (Lipinski definition) is 1. The first-order valence-corrected chi connectivity index (χ1v) is 7.52. The number of piperidine rings is 2. The van der Waals surface area contributed by atoms with Crippen molar-refractivity contribution in [1.29, 1.82) is 0 Å². The molecule has 0 radical (unpaired) electrons. The third-order valence-electron chi connectivity index (χ3n) is 4.41. The minimum Gasteiger partial charge on any atom is -0.444 e. The number of fused-ring (bicyclic) bond motifs is 2. The Morgan fingerprint density at radius 2 is 1.80 bits per heavy atom. The van der Waals surface area contributed by atoms with E-state index in [1.54, 1.807) is 0 Å². The van der Waals surface area contributed by atoms with Gasteiger partial charge in [-0.15, -0.1) is 0 Å². The van der Waals surface area contributed by atoms with Crippen LogP contribution in [-0.4, -0.2) is 39.4 Å². The van der Waals surface area contributed by atoms with E-state index < -0.39 is 11.2 Å². The van der Waals surface area contributed by atoms with E-state index in [4.69, 9.17) is 4.74 Å². The highest BCUT2D eigenvalue weighted by Gasteiger charge is 2.48. The fourth-order valence-corrected chi connectivity index (χ4v) is 3.39. The van der Waals surface area contributed by atoms with Gasteiger partial charge >= 0.3 is 6.09 Å². The van der Waals surface area contributed by atoms with Crippen LogP contribution in [0.15, 0.2) is 12.2 Å². The maximum atomic E-state index is 12.4. The third-order valence-corrected chi connectivity index (χ3v) is 4.41. The first kappa shape index (κ1) is 15.4. The summed E-state index contributed by atoms with van der Waals surface area (Å²) in [5, 5.41) is 10.7. The highest BCUT2D eigenvalue weighted by Crippen LogP contribution is 2.42. The zero-order valence-corrected chi connectivity index (χ0v) is 13.1. The molecular weight excluding hydrogens is 254 g/mol. The lowest BCUT2D eigenvalue weighted by Gasteiger charge is -2.52. The summed E-state index contributed by atoms with van der Waals surface area (Å²) in [6.07, 6.45) is 3.91. The van der Waals surface area contributed by atoms with E-state index in [2.05, 4.69) is 6.58 Å². The first-order valence-electron chi connectivity index (χ1n) is 7.52. The van der Waals surface area contributed by atoms with Gasteiger partial charge in [-0.2, -0.15) is 0 Å². The standard InChI is InChI=1S/C16H27NO3/c1-11(2)16(19)9-12-7-6-8-13(10-16)17(12)14(18)20-15(3,4)5/h12-13,19H,1,6-10H2,2-5H3. The fourth-order valence-electron chi connectivity index (χ4n) is 3.39. The average Bonchev–Trinajstić information content (AvgIpc) is 2.24. The molecule has 4 nitrogen and oxygen atoms in total. The molecular formula is C16H27NO3. The molecule has 0 spiro atoms. The molecule has 2 heterocycles. The largest absolute Gasteiger partial charge is 0.444 e. The molecule has 0 aromatic heterocycles. The smallest absolute Gasteiger partial charge is 0.410 e. The Labute approximate surface area is 121 Å². The summed E-state index contributed by atoms with van der Waals surface area (Å²) < 4.78 is 5.53. The minimum atomic E-state index is -0.825. The zero-order valence-electron chi connectivity index (χ0n) is 13.1. The number of hydrogen-bond acceptors (Lipinski definition) is 3. The monoisotopic (exact) mass is 281 g/mol. The summed E-state index contributed by atoms with van der Waals surface area (Å²) in [7, 11) is 0. The second-order valence-corrected chi connectivity index (χ2v) is 7.35. The van der Waals surface area contributed by atoms with Crippen molar-refractivity contribution in [1.82, 2.24) is 4.90 Å². The van der Waals surface area contributed by atoms with Gasteiger partial charge in [0.25, 0.3) is 0 Å². The van der Waals surface area contributed by atoms with E-state index in [9.17, 15) is 9.90 Å². The second kappa shape index (κ2) is 5.06. The Balaban J connectivity index is 2.17. The first-order chi connectivity index (χ1) is 9.12. The summed E-state index contributed by atoms with van der Waals surface area (Å²) in [5.74, 6) is 0. The quantitative estimate of drug-likeness (QED) is 0.751. The summed E-state index contributed by atoms with van der Waals surface area (Å²) in [6, 6.07) is 0.137. The van der Waals surface area contributed by atoms with Crippen LogP contribution >= 0.6 is 0 Å². The Kier molecular flexibility index (Phi) is 3.89. The van der Waals surface area contributed by atoms with E-state index in [1.807, 2.05) is 32.6 Å². The van der Waals surface area contributed by atoms with Crippen molar-refractivity contribution in [3.8, 4) is 0 Å². The minimum absolute atomic E-state index is 0.0686. The van der Waals surface area contributed by atoms with Gasteiger partial charge in [0, 0.05) is 24.9 Å². The van der Waals surface area contributed by atoms with Crippen LogP contribution in [0.5, 0.6) is 0 Å². The van der Waals surface area contributed by atoms with E-state index >= 15 is 0 Å². The van der Waals surface area contributed by atoms with Gasteiger partial charge in [0.15, 0.2) is 0 Å².